The van der Waals surface area contributed by atoms with E-state index in [1.807, 2.05) is 6.92 Å². The Labute approximate surface area is 97.7 Å². The maximum atomic E-state index is 10.9. The molecule has 1 aromatic carbocycles. The lowest BCUT2D eigenvalue weighted by Gasteiger charge is -2.04. The van der Waals surface area contributed by atoms with Crippen molar-refractivity contribution in [2.45, 2.75) is 6.92 Å². The van der Waals surface area contributed by atoms with E-state index in [1.165, 1.54) is 0 Å². The molecule has 5 nitrogen and oxygen atoms in total. The zero-order valence-electron chi connectivity index (χ0n) is 9.21. The van der Waals surface area contributed by atoms with Gasteiger partial charge >= 0.3 is 5.97 Å². The maximum absolute atomic E-state index is 10.9. The van der Waals surface area contributed by atoms with Gasteiger partial charge in [0.1, 0.15) is 5.75 Å². The summed E-state index contributed by atoms with van der Waals surface area (Å²) in [6, 6.07) is 7.03. The number of rotatable bonds is 4. The Morgan fingerprint density at radius 2 is 2.35 bits per heavy atom. The fraction of sp³-hybridized carbons (Fsp3) is 0.167. The first kappa shape index (κ1) is 11.2. The Morgan fingerprint density at radius 3 is 3.06 bits per heavy atom. The fourth-order valence-electron chi connectivity index (χ4n) is 1.50. The zero-order valence-corrected chi connectivity index (χ0v) is 9.21. The lowest BCUT2D eigenvalue weighted by Crippen LogP contribution is -1.98. The molecule has 0 aliphatic heterocycles. The van der Waals surface area contributed by atoms with Crippen LogP contribution in [0, 0.1) is 0 Å². The highest BCUT2D eigenvalue weighted by atomic mass is 16.5. The average molecular weight is 233 g/mol. The third-order valence-electron chi connectivity index (χ3n) is 2.18. The van der Waals surface area contributed by atoms with Gasteiger partial charge < -0.3 is 14.3 Å². The molecule has 0 atom stereocenters. The summed E-state index contributed by atoms with van der Waals surface area (Å²) in [6.45, 7) is 2.43. The van der Waals surface area contributed by atoms with Gasteiger partial charge in [-0.05, 0) is 19.1 Å². The number of carboxylic acids is 1. The summed E-state index contributed by atoms with van der Waals surface area (Å²) in [5.74, 6) is -0.215. The summed E-state index contributed by atoms with van der Waals surface area (Å²) in [7, 11) is 0. The summed E-state index contributed by atoms with van der Waals surface area (Å²) < 4.78 is 10.4. The minimum Gasteiger partial charge on any atom is -0.494 e. The number of hydrogen-bond donors (Lipinski definition) is 1. The molecule has 0 radical (unpaired) electrons. The first-order valence-electron chi connectivity index (χ1n) is 5.12. The van der Waals surface area contributed by atoms with Gasteiger partial charge in [-0.25, -0.2) is 9.78 Å². The highest BCUT2D eigenvalue weighted by Crippen LogP contribution is 2.26. The zero-order chi connectivity index (χ0) is 12.3. The van der Waals surface area contributed by atoms with Crippen molar-refractivity contribution in [1.29, 1.82) is 0 Å². The van der Waals surface area contributed by atoms with Gasteiger partial charge in [-0.2, -0.15) is 0 Å². The highest BCUT2D eigenvalue weighted by Gasteiger charge is 2.17. The standard InChI is InChI=1S/C12H11NO4/c1-2-16-9-5-3-4-8(6-9)11-10(12(14)15)13-7-17-11/h3-7H,2H2,1H3,(H,14,15). The van der Waals surface area contributed by atoms with E-state index in [9.17, 15) is 4.79 Å². The minimum absolute atomic E-state index is 0.0985. The van der Waals surface area contributed by atoms with Gasteiger partial charge in [0, 0.05) is 5.56 Å². The predicted molar refractivity (Wildman–Crippen MR) is 60.1 cm³/mol. The summed E-state index contributed by atoms with van der Waals surface area (Å²) in [6.07, 6.45) is 1.12. The Hall–Kier alpha value is -2.30. The Kier molecular flexibility index (Phi) is 3.09. The molecule has 88 valence electrons. The van der Waals surface area contributed by atoms with Crippen LogP contribution in [0.3, 0.4) is 0 Å². The van der Waals surface area contributed by atoms with Gasteiger partial charge in [0.25, 0.3) is 0 Å². The number of carbonyl (C=O) groups is 1. The largest absolute Gasteiger partial charge is 0.494 e. The van der Waals surface area contributed by atoms with Crippen molar-refractivity contribution in [3.8, 4) is 17.1 Å². The first-order chi connectivity index (χ1) is 8.22. The van der Waals surface area contributed by atoms with E-state index in [0.29, 0.717) is 17.9 Å². The first-order valence-corrected chi connectivity index (χ1v) is 5.12. The number of nitrogens with zero attached hydrogens (tertiary/aromatic N) is 1. The molecule has 1 aromatic heterocycles. The monoisotopic (exact) mass is 233 g/mol. The third kappa shape index (κ3) is 2.28. The van der Waals surface area contributed by atoms with E-state index in [0.717, 1.165) is 6.39 Å². The van der Waals surface area contributed by atoms with Gasteiger partial charge in [0.15, 0.2) is 17.8 Å². The van der Waals surface area contributed by atoms with E-state index in [1.54, 1.807) is 24.3 Å². The van der Waals surface area contributed by atoms with Crippen molar-refractivity contribution >= 4 is 5.97 Å². The smallest absolute Gasteiger partial charge is 0.358 e. The predicted octanol–water partition coefficient (Wildman–Crippen LogP) is 2.44. The fourth-order valence-corrected chi connectivity index (χ4v) is 1.50. The number of aromatic carboxylic acids is 1. The van der Waals surface area contributed by atoms with Crippen molar-refractivity contribution in [1.82, 2.24) is 4.98 Å². The van der Waals surface area contributed by atoms with Crippen molar-refractivity contribution < 1.29 is 19.1 Å². The second-order valence-electron chi connectivity index (χ2n) is 3.30. The van der Waals surface area contributed by atoms with Crippen LogP contribution in [0.4, 0.5) is 0 Å². The van der Waals surface area contributed by atoms with Crippen LogP contribution in [-0.2, 0) is 0 Å². The van der Waals surface area contributed by atoms with Crippen molar-refractivity contribution in [3.63, 3.8) is 0 Å². The molecule has 5 heteroatoms. The van der Waals surface area contributed by atoms with E-state index >= 15 is 0 Å². The van der Waals surface area contributed by atoms with E-state index in [4.69, 9.17) is 14.3 Å². The lowest BCUT2D eigenvalue weighted by molar-refractivity contribution is 0.0691. The summed E-state index contributed by atoms with van der Waals surface area (Å²) >= 11 is 0. The summed E-state index contributed by atoms with van der Waals surface area (Å²) in [5.41, 5.74) is 0.532. The Balaban J connectivity index is 2.42. The molecule has 0 aliphatic carbocycles. The van der Waals surface area contributed by atoms with Crippen LogP contribution in [0.5, 0.6) is 5.75 Å². The van der Waals surface area contributed by atoms with Crippen molar-refractivity contribution in [3.05, 3.63) is 36.4 Å². The number of ether oxygens (including phenoxy) is 1. The molecule has 0 fully saturated rings. The maximum Gasteiger partial charge on any atom is 0.358 e. The van der Waals surface area contributed by atoms with Gasteiger partial charge in [0.2, 0.25) is 0 Å². The van der Waals surface area contributed by atoms with Crippen molar-refractivity contribution in [2.24, 2.45) is 0 Å². The SMILES string of the molecule is CCOc1cccc(-c2ocnc2C(=O)O)c1. The van der Waals surface area contributed by atoms with E-state index < -0.39 is 5.97 Å². The van der Waals surface area contributed by atoms with E-state index in [2.05, 4.69) is 4.98 Å². The number of benzene rings is 1. The molecule has 1 N–H and O–H groups in total. The number of hydrogen-bond acceptors (Lipinski definition) is 4. The second-order valence-corrected chi connectivity index (χ2v) is 3.30. The minimum atomic E-state index is -1.12. The van der Waals surface area contributed by atoms with Crippen LogP contribution in [0.1, 0.15) is 17.4 Å². The van der Waals surface area contributed by atoms with Gasteiger partial charge in [-0.1, -0.05) is 12.1 Å². The molecule has 0 saturated heterocycles. The molecule has 17 heavy (non-hydrogen) atoms. The van der Waals surface area contributed by atoms with Gasteiger partial charge in [-0.15, -0.1) is 0 Å². The molecule has 0 amide bonds. The molecular formula is C12H11NO4. The van der Waals surface area contributed by atoms with E-state index in [-0.39, 0.29) is 11.5 Å². The summed E-state index contributed by atoms with van der Waals surface area (Å²) in [5, 5.41) is 8.93. The molecule has 0 aliphatic rings. The van der Waals surface area contributed by atoms with Crippen molar-refractivity contribution in [2.75, 3.05) is 6.61 Å². The summed E-state index contributed by atoms with van der Waals surface area (Å²) in [4.78, 5) is 14.6. The number of oxazole rings is 1. The van der Waals surface area contributed by atoms with Gasteiger partial charge in [0.05, 0.1) is 6.61 Å². The number of aromatic nitrogens is 1. The molecule has 0 bridgehead atoms. The topological polar surface area (TPSA) is 72.6 Å². The van der Waals surface area contributed by atoms with Crippen LogP contribution < -0.4 is 4.74 Å². The average Bonchev–Trinajstić information content (AvgIpc) is 2.79. The highest BCUT2D eigenvalue weighted by molar-refractivity contribution is 5.92. The quantitative estimate of drug-likeness (QED) is 0.877. The molecule has 0 saturated carbocycles. The molecule has 2 rings (SSSR count). The molecule has 2 aromatic rings. The van der Waals surface area contributed by atoms with Crippen LogP contribution in [0.25, 0.3) is 11.3 Å². The van der Waals surface area contributed by atoms with Crippen LogP contribution in [-0.4, -0.2) is 22.7 Å². The van der Waals surface area contributed by atoms with Crippen LogP contribution in [0.2, 0.25) is 0 Å². The second kappa shape index (κ2) is 4.69. The Morgan fingerprint density at radius 1 is 1.53 bits per heavy atom. The van der Waals surface area contributed by atoms with Gasteiger partial charge in [-0.3, -0.25) is 0 Å². The Bertz CT molecular complexity index is 533. The third-order valence-corrected chi connectivity index (χ3v) is 2.18. The lowest BCUT2D eigenvalue weighted by atomic mass is 10.1. The molecule has 0 spiro atoms. The van der Waals surface area contributed by atoms with Crippen LogP contribution >= 0.6 is 0 Å². The molecule has 1 heterocycles. The van der Waals surface area contributed by atoms with Crippen LogP contribution in [0.15, 0.2) is 35.1 Å². The normalized spacial score (nSPS) is 10.2. The molecular weight excluding hydrogens is 222 g/mol. The molecule has 0 unspecified atom stereocenters. The number of carboxylic acid groups (broad SMARTS) is 1.